The number of Topliss-reactive ketones (excluding diaryl/α,β-unsaturated/α-hetero) is 1. The van der Waals surface area contributed by atoms with Crippen LogP contribution >= 0.6 is 15.9 Å². The maximum absolute atomic E-state index is 13.4. The summed E-state index contributed by atoms with van der Waals surface area (Å²) in [6.07, 6.45) is -0.0304. The van der Waals surface area contributed by atoms with Crippen LogP contribution in [0.1, 0.15) is 22.9 Å². The predicted octanol–water partition coefficient (Wildman–Crippen LogP) is 2.92. The minimum atomic E-state index is -0.545. The molecule has 0 aliphatic rings. The summed E-state index contributed by atoms with van der Waals surface area (Å²) >= 11 is 3.18. The largest absolute Gasteiger partial charge is 0.298 e. The lowest BCUT2D eigenvalue weighted by Crippen LogP contribution is -2.06. The summed E-state index contributed by atoms with van der Waals surface area (Å²) in [5.41, 5.74) is 0.820. The molecule has 0 aromatic heterocycles. The van der Waals surface area contributed by atoms with E-state index in [0.717, 1.165) is 0 Å². The Hall–Kier alpha value is -1.21. The Bertz CT molecular complexity index is 425. The molecule has 1 aromatic rings. The Morgan fingerprint density at radius 3 is 2.87 bits per heavy atom. The smallest absolute Gasteiger partial charge is 0.147 e. The average molecular weight is 270 g/mol. The van der Waals surface area contributed by atoms with Gasteiger partial charge in [0.05, 0.1) is 17.3 Å². The molecule has 0 N–H and O–H groups in total. The summed E-state index contributed by atoms with van der Waals surface area (Å²) < 4.78 is 13.4. The van der Waals surface area contributed by atoms with Gasteiger partial charge < -0.3 is 0 Å². The molecule has 1 atom stereocenters. The van der Waals surface area contributed by atoms with Crippen molar-refractivity contribution in [2.75, 3.05) is 0 Å². The van der Waals surface area contributed by atoms with Crippen molar-refractivity contribution in [2.24, 2.45) is 0 Å². The zero-order valence-corrected chi connectivity index (χ0v) is 9.71. The van der Waals surface area contributed by atoms with Gasteiger partial charge in [0.2, 0.25) is 0 Å². The first kappa shape index (κ1) is 11.9. The van der Waals surface area contributed by atoms with Crippen molar-refractivity contribution in [2.45, 2.75) is 18.2 Å². The molecule has 0 spiro atoms. The summed E-state index contributed by atoms with van der Waals surface area (Å²) in [7, 11) is 0. The fourth-order valence-electron chi connectivity index (χ4n) is 1.30. The second-order valence-corrected chi connectivity index (χ2v) is 4.03. The van der Waals surface area contributed by atoms with Crippen molar-refractivity contribution in [1.82, 2.24) is 0 Å². The molecular formula is C11H9BrFNO. The molecule has 0 aliphatic heterocycles. The predicted molar refractivity (Wildman–Crippen MR) is 58.1 cm³/mol. The lowest BCUT2D eigenvalue weighted by molar-refractivity contribution is -0.116. The molecule has 0 saturated heterocycles. The second-order valence-electron chi connectivity index (χ2n) is 3.12. The third-order valence-electron chi connectivity index (χ3n) is 2.04. The number of rotatable bonds is 3. The van der Waals surface area contributed by atoms with E-state index in [9.17, 15) is 9.18 Å². The van der Waals surface area contributed by atoms with Gasteiger partial charge in [0.1, 0.15) is 11.6 Å². The summed E-state index contributed by atoms with van der Waals surface area (Å²) in [4.78, 5) is 10.6. The van der Waals surface area contributed by atoms with E-state index in [1.54, 1.807) is 6.07 Å². The Labute approximate surface area is 95.8 Å². The molecule has 15 heavy (non-hydrogen) atoms. The van der Waals surface area contributed by atoms with Crippen LogP contribution in [0.2, 0.25) is 0 Å². The molecule has 78 valence electrons. The van der Waals surface area contributed by atoms with E-state index in [0.29, 0.717) is 5.56 Å². The first-order valence-corrected chi connectivity index (χ1v) is 5.28. The maximum atomic E-state index is 13.4. The first-order chi connectivity index (χ1) is 7.07. The lowest BCUT2D eigenvalue weighted by atomic mass is 10.00. The normalized spacial score (nSPS) is 11.9. The van der Waals surface area contributed by atoms with E-state index < -0.39 is 10.6 Å². The van der Waals surface area contributed by atoms with Crippen LogP contribution in [-0.4, -0.2) is 5.78 Å². The van der Waals surface area contributed by atoms with Gasteiger partial charge in [-0.2, -0.15) is 5.26 Å². The fourth-order valence-corrected chi connectivity index (χ4v) is 1.73. The number of halogens is 2. The zero-order valence-electron chi connectivity index (χ0n) is 8.13. The zero-order chi connectivity index (χ0) is 11.4. The lowest BCUT2D eigenvalue weighted by Gasteiger charge is -2.11. The standard InChI is InChI=1S/C11H9BrFNO/c1-7(15)11(12)9-3-2-4-10(13)8(9)5-6-14/h2-4,11H,5H2,1H3. The monoisotopic (exact) mass is 269 g/mol. The summed E-state index contributed by atoms with van der Waals surface area (Å²) in [5.74, 6) is -0.556. The van der Waals surface area contributed by atoms with Crippen LogP contribution in [0.25, 0.3) is 0 Å². The molecule has 0 radical (unpaired) electrons. The Morgan fingerprint density at radius 2 is 2.33 bits per heavy atom. The van der Waals surface area contributed by atoms with Gasteiger partial charge in [-0.3, -0.25) is 4.79 Å². The number of alkyl halides is 1. The van der Waals surface area contributed by atoms with Crippen molar-refractivity contribution < 1.29 is 9.18 Å². The molecular weight excluding hydrogens is 261 g/mol. The summed E-state index contributed by atoms with van der Waals surface area (Å²) in [5, 5.41) is 8.57. The van der Waals surface area contributed by atoms with Crippen molar-refractivity contribution >= 4 is 21.7 Å². The number of hydrogen-bond acceptors (Lipinski definition) is 2. The maximum Gasteiger partial charge on any atom is 0.147 e. The number of ketones is 1. The van der Waals surface area contributed by atoms with E-state index in [1.807, 2.05) is 6.07 Å². The molecule has 0 bridgehead atoms. The van der Waals surface area contributed by atoms with Crippen LogP contribution in [0.4, 0.5) is 4.39 Å². The number of hydrogen-bond donors (Lipinski definition) is 0. The molecule has 0 heterocycles. The van der Waals surface area contributed by atoms with Gasteiger partial charge in [0.25, 0.3) is 0 Å². The van der Waals surface area contributed by atoms with Gasteiger partial charge in [-0.1, -0.05) is 28.1 Å². The Kier molecular flexibility index (Phi) is 3.98. The quantitative estimate of drug-likeness (QED) is 0.792. The molecule has 4 heteroatoms. The van der Waals surface area contributed by atoms with Crippen LogP contribution in [0, 0.1) is 17.1 Å². The van der Waals surface area contributed by atoms with Crippen molar-refractivity contribution in [3.8, 4) is 6.07 Å². The Balaban J connectivity index is 3.23. The van der Waals surface area contributed by atoms with Gasteiger partial charge in [-0.15, -0.1) is 0 Å². The molecule has 0 saturated carbocycles. The Morgan fingerprint density at radius 1 is 1.67 bits per heavy atom. The van der Waals surface area contributed by atoms with Crippen LogP contribution < -0.4 is 0 Å². The van der Waals surface area contributed by atoms with Crippen LogP contribution in [0.5, 0.6) is 0 Å². The van der Waals surface area contributed by atoms with E-state index >= 15 is 0 Å². The number of benzene rings is 1. The van der Waals surface area contributed by atoms with Gasteiger partial charge in [0.15, 0.2) is 0 Å². The van der Waals surface area contributed by atoms with Gasteiger partial charge in [-0.25, -0.2) is 4.39 Å². The molecule has 1 rings (SSSR count). The highest BCUT2D eigenvalue weighted by atomic mass is 79.9. The third-order valence-corrected chi connectivity index (χ3v) is 3.18. The summed E-state index contributed by atoms with van der Waals surface area (Å²) in [6, 6.07) is 6.35. The number of nitriles is 1. The highest BCUT2D eigenvalue weighted by Gasteiger charge is 2.18. The molecule has 2 nitrogen and oxygen atoms in total. The van der Waals surface area contributed by atoms with Crippen LogP contribution in [0.3, 0.4) is 0 Å². The molecule has 0 fully saturated rings. The van der Waals surface area contributed by atoms with Gasteiger partial charge >= 0.3 is 0 Å². The first-order valence-electron chi connectivity index (χ1n) is 4.36. The van der Waals surface area contributed by atoms with Crippen LogP contribution in [-0.2, 0) is 11.2 Å². The van der Waals surface area contributed by atoms with E-state index in [4.69, 9.17) is 5.26 Å². The van der Waals surface area contributed by atoms with E-state index in [-0.39, 0.29) is 17.8 Å². The highest BCUT2D eigenvalue weighted by Crippen LogP contribution is 2.28. The fraction of sp³-hybridized carbons (Fsp3) is 0.273. The number of carbonyl (C=O) groups is 1. The molecule has 1 unspecified atom stereocenters. The van der Waals surface area contributed by atoms with Gasteiger partial charge in [-0.05, 0) is 18.6 Å². The van der Waals surface area contributed by atoms with E-state index in [1.165, 1.54) is 19.1 Å². The molecule has 0 aliphatic carbocycles. The van der Waals surface area contributed by atoms with Crippen molar-refractivity contribution in [3.05, 3.63) is 35.1 Å². The van der Waals surface area contributed by atoms with E-state index in [2.05, 4.69) is 15.9 Å². The SMILES string of the molecule is CC(=O)C(Br)c1cccc(F)c1CC#N. The number of carbonyl (C=O) groups excluding carboxylic acids is 1. The topological polar surface area (TPSA) is 40.9 Å². The van der Waals surface area contributed by atoms with Crippen molar-refractivity contribution in [3.63, 3.8) is 0 Å². The molecule has 0 amide bonds. The second kappa shape index (κ2) is 5.04. The molecule has 1 aromatic carbocycles. The summed E-state index contributed by atoms with van der Waals surface area (Å²) in [6.45, 7) is 1.42. The average Bonchev–Trinajstić information content (AvgIpc) is 2.20. The third kappa shape index (κ3) is 2.63. The highest BCUT2D eigenvalue weighted by molar-refractivity contribution is 9.09. The van der Waals surface area contributed by atoms with Crippen molar-refractivity contribution in [1.29, 1.82) is 5.26 Å². The number of nitrogens with zero attached hydrogens (tertiary/aromatic N) is 1. The minimum Gasteiger partial charge on any atom is -0.298 e. The minimum absolute atomic E-state index is 0.0304. The van der Waals surface area contributed by atoms with Gasteiger partial charge in [0, 0.05) is 5.56 Å². The van der Waals surface area contributed by atoms with Crippen LogP contribution in [0.15, 0.2) is 18.2 Å².